The molecule has 0 saturated heterocycles. The minimum atomic E-state index is -0.0382. The van der Waals surface area contributed by atoms with Crippen molar-refractivity contribution in [2.24, 2.45) is 0 Å². The molecule has 0 bridgehead atoms. The van der Waals surface area contributed by atoms with Crippen LogP contribution in [-0.4, -0.2) is 21.1 Å². The first-order valence-electron chi connectivity index (χ1n) is 6.84. The molecule has 2 heterocycles. The Bertz CT molecular complexity index is 649. The monoisotopic (exact) mass is 272 g/mol. The van der Waals surface area contributed by atoms with E-state index in [4.69, 9.17) is 0 Å². The van der Waals surface area contributed by atoms with Crippen molar-refractivity contribution in [3.8, 4) is 0 Å². The van der Waals surface area contributed by atoms with Crippen molar-refractivity contribution in [3.63, 3.8) is 0 Å². The Balaban J connectivity index is 2.24. The zero-order valence-electron chi connectivity index (χ0n) is 12.2. The molecule has 2 aromatic heterocycles. The number of hydrogen-bond acceptors (Lipinski definition) is 4. The Labute approximate surface area is 118 Å². The van der Waals surface area contributed by atoms with Gasteiger partial charge in [-0.1, -0.05) is 6.92 Å². The van der Waals surface area contributed by atoms with Gasteiger partial charge >= 0.3 is 0 Å². The molecule has 5 nitrogen and oxygen atoms in total. The molecule has 0 saturated carbocycles. The predicted molar refractivity (Wildman–Crippen MR) is 80.1 cm³/mol. The number of pyridine rings is 1. The highest BCUT2D eigenvalue weighted by Crippen LogP contribution is 2.09. The highest BCUT2D eigenvalue weighted by atomic mass is 16.1. The molecule has 0 fully saturated rings. The van der Waals surface area contributed by atoms with Crippen molar-refractivity contribution >= 4 is 5.69 Å². The first-order chi connectivity index (χ1) is 9.60. The van der Waals surface area contributed by atoms with Crippen LogP contribution in [0.25, 0.3) is 0 Å². The van der Waals surface area contributed by atoms with E-state index in [0.717, 1.165) is 30.0 Å². The zero-order valence-corrected chi connectivity index (χ0v) is 12.2. The Hall–Kier alpha value is -2.17. The Kier molecular flexibility index (Phi) is 4.50. The fourth-order valence-corrected chi connectivity index (χ4v) is 2.06. The van der Waals surface area contributed by atoms with Gasteiger partial charge in [0.25, 0.3) is 5.56 Å². The minimum Gasteiger partial charge on any atom is -0.385 e. The lowest BCUT2D eigenvalue weighted by Crippen LogP contribution is -2.24. The highest BCUT2D eigenvalue weighted by molar-refractivity contribution is 5.43. The van der Waals surface area contributed by atoms with Crippen molar-refractivity contribution in [1.29, 1.82) is 0 Å². The van der Waals surface area contributed by atoms with Crippen molar-refractivity contribution in [1.82, 2.24) is 14.5 Å². The van der Waals surface area contributed by atoms with E-state index in [1.54, 1.807) is 16.8 Å². The lowest BCUT2D eigenvalue weighted by molar-refractivity contribution is 0.681. The maximum Gasteiger partial charge on any atom is 0.254 e. The summed E-state index contributed by atoms with van der Waals surface area (Å²) < 4.78 is 1.64. The maximum absolute atomic E-state index is 12.0. The molecule has 0 atom stereocenters. The second-order valence-electron chi connectivity index (χ2n) is 4.83. The second kappa shape index (κ2) is 6.32. The van der Waals surface area contributed by atoms with Crippen LogP contribution < -0.4 is 10.9 Å². The summed E-state index contributed by atoms with van der Waals surface area (Å²) in [7, 11) is 0. The first-order valence-corrected chi connectivity index (χ1v) is 6.84. The first kappa shape index (κ1) is 14.2. The molecule has 0 amide bonds. The van der Waals surface area contributed by atoms with Gasteiger partial charge in [-0.05, 0) is 32.4 Å². The number of aryl methyl sites for hydroxylation is 2. The van der Waals surface area contributed by atoms with Gasteiger partial charge in [0.15, 0.2) is 0 Å². The number of aromatic nitrogens is 3. The van der Waals surface area contributed by atoms with Gasteiger partial charge in [0, 0.05) is 30.2 Å². The van der Waals surface area contributed by atoms with Crippen LogP contribution in [0.1, 0.15) is 30.6 Å². The summed E-state index contributed by atoms with van der Waals surface area (Å²) in [6.07, 6.45) is 2.83. The van der Waals surface area contributed by atoms with Crippen LogP contribution in [0.5, 0.6) is 0 Å². The average Bonchev–Trinajstić information content (AvgIpc) is 2.41. The maximum atomic E-state index is 12.0. The molecule has 20 heavy (non-hydrogen) atoms. The van der Waals surface area contributed by atoms with Crippen molar-refractivity contribution in [3.05, 3.63) is 52.0 Å². The summed E-state index contributed by atoms with van der Waals surface area (Å²) in [4.78, 5) is 20.6. The van der Waals surface area contributed by atoms with Gasteiger partial charge in [-0.3, -0.25) is 14.3 Å². The summed E-state index contributed by atoms with van der Waals surface area (Å²) in [5, 5.41) is 3.32. The van der Waals surface area contributed by atoms with Gasteiger partial charge < -0.3 is 5.32 Å². The van der Waals surface area contributed by atoms with Gasteiger partial charge in [0.2, 0.25) is 0 Å². The van der Waals surface area contributed by atoms with Crippen LogP contribution in [0.2, 0.25) is 0 Å². The third-order valence-corrected chi connectivity index (χ3v) is 3.04. The lowest BCUT2D eigenvalue weighted by atomic mass is 10.3. The SMILES string of the molecule is CCCNc1ccnc(Cn2c(C)nc(C)cc2=O)c1. The lowest BCUT2D eigenvalue weighted by Gasteiger charge is -2.10. The van der Waals surface area contributed by atoms with E-state index in [0.29, 0.717) is 12.4 Å². The number of hydrogen-bond donors (Lipinski definition) is 1. The summed E-state index contributed by atoms with van der Waals surface area (Å²) in [6, 6.07) is 5.45. The van der Waals surface area contributed by atoms with Crippen LogP contribution in [0.15, 0.2) is 29.2 Å². The van der Waals surface area contributed by atoms with Gasteiger partial charge in [-0.2, -0.15) is 0 Å². The van der Waals surface area contributed by atoms with Crippen LogP contribution in [0, 0.1) is 13.8 Å². The number of rotatable bonds is 5. The molecule has 0 aromatic carbocycles. The van der Waals surface area contributed by atoms with Crippen LogP contribution >= 0.6 is 0 Å². The Morgan fingerprint density at radius 2 is 2.10 bits per heavy atom. The van der Waals surface area contributed by atoms with Gasteiger partial charge in [-0.15, -0.1) is 0 Å². The summed E-state index contributed by atoms with van der Waals surface area (Å²) in [5.74, 6) is 0.712. The molecule has 0 aliphatic rings. The Morgan fingerprint density at radius 1 is 1.30 bits per heavy atom. The molecule has 0 aliphatic heterocycles. The molecule has 0 unspecified atom stereocenters. The van der Waals surface area contributed by atoms with Crippen molar-refractivity contribution in [2.45, 2.75) is 33.7 Å². The van der Waals surface area contributed by atoms with Crippen molar-refractivity contribution in [2.75, 3.05) is 11.9 Å². The van der Waals surface area contributed by atoms with E-state index in [1.165, 1.54) is 0 Å². The second-order valence-corrected chi connectivity index (χ2v) is 4.83. The van der Waals surface area contributed by atoms with Gasteiger partial charge in [-0.25, -0.2) is 4.98 Å². The molecule has 5 heteroatoms. The molecule has 106 valence electrons. The van der Waals surface area contributed by atoms with Crippen LogP contribution in [-0.2, 0) is 6.54 Å². The normalized spacial score (nSPS) is 10.6. The molecular formula is C15H20N4O. The van der Waals surface area contributed by atoms with Crippen molar-refractivity contribution < 1.29 is 0 Å². The van der Waals surface area contributed by atoms with Crippen LogP contribution in [0.3, 0.4) is 0 Å². The van der Waals surface area contributed by atoms with E-state index in [9.17, 15) is 4.79 Å². The van der Waals surface area contributed by atoms with E-state index in [-0.39, 0.29) is 5.56 Å². The average molecular weight is 272 g/mol. The molecule has 0 radical (unpaired) electrons. The summed E-state index contributed by atoms with van der Waals surface area (Å²) in [5.41, 5.74) is 2.59. The smallest absolute Gasteiger partial charge is 0.254 e. The van der Waals surface area contributed by atoms with Gasteiger partial charge in [0.05, 0.1) is 12.2 Å². The Morgan fingerprint density at radius 3 is 2.80 bits per heavy atom. The zero-order chi connectivity index (χ0) is 14.5. The molecule has 2 aromatic rings. The molecular weight excluding hydrogens is 252 g/mol. The minimum absolute atomic E-state index is 0.0382. The number of nitrogens with zero attached hydrogens (tertiary/aromatic N) is 3. The van der Waals surface area contributed by atoms with E-state index in [2.05, 4.69) is 22.2 Å². The van der Waals surface area contributed by atoms with E-state index >= 15 is 0 Å². The molecule has 2 rings (SSSR count). The third-order valence-electron chi connectivity index (χ3n) is 3.04. The molecule has 1 N–H and O–H groups in total. The van der Waals surface area contributed by atoms with Gasteiger partial charge in [0.1, 0.15) is 5.82 Å². The summed E-state index contributed by atoms with van der Waals surface area (Å²) >= 11 is 0. The standard InChI is InChI=1S/C15H20N4O/c1-4-6-16-13-5-7-17-14(9-13)10-19-12(3)18-11(2)8-15(19)20/h5,7-9H,4,6,10H2,1-3H3,(H,16,17). The fourth-order valence-electron chi connectivity index (χ4n) is 2.06. The predicted octanol–water partition coefficient (Wildman–Crippen LogP) is 2.13. The summed E-state index contributed by atoms with van der Waals surface area (Å²) in [6.45, 7) is 7.16. The van der Waals surface area contributed by atoms with Crippen LogP contribution in [0.4, 0.5) is 5.69 Å². The molecule has 0 aliphatic carbocycles. The fraction of sp³-hybridized carbons (Fsp3) is 0.400. The number of nitrogens with one attached hydrogen (secondary N) is 1. The largest absolute Gasteiger partial charge is 0.385 e. The quantitative estimate of drug-likeness (QED) is 0.905. The van der Waals surface area contributed by atoms with E-state index in [1.807, 2.05) is 26.0 Å². The molecule has 0 spiro atoms. The number of anilines is 1. The highest BCUT2D eigenvalue weighted by Gasteiger charge is 2.05. The third kappa shape index (κ3) is 3.44. The topological polar surface area (TPSA) is 59.8 Å². The van der Waals surface area contributed by atoms with E-state index < -0.39 is 0 Å².